The molecule has 1 fully saturated rings. The number of fused-ring (bicyclic) bond motifs is 1. The Morgan fingerprint density at radius 1 is 1.03 bits per heavy atom. The fourth-order valence-electron chi connectivity index (χ4n) is 3.50. The first-order valence-electron chi connectivity index (χ1n) is 10.7. The fourth-order valence-corrected chi connectivity index (χ4v) is 3.68. The summed E-state index contributed by atoms with van der Waals surface area (Å²) in [5.41, 5.74) is 6.13. The first kappa shape index (κ1) is 23.6. The molecule has 1 aliphatic heterocycles. The molecule has 178 valence electrons. The number of halogens is 1. The molecule has 3 amide bonds. The Kier molecular flexibility index (Phi) is 7.63. The maximum Gasteiger partial charge on any atom is 0.411 e. The van der Waals surface area contributed by atoms with Gasteiger partial charge in [0.25, 0.3) is 11.8 Å². The van der Waals surface area contributed by atoms with Crippen molar-refractivity contribution in [1.82, 2.24) is 20.7 Å². The normalized spacial score (nSPS) is 13.9. The van der Waals surface area contributed by atoms with Gasteiger partial charge >= 0.3 is 6.09 Å². The highest BCUT2D eigenvalue weighted by atomic mass is 35.5. The van der Waals surface area contributed by atoms with E-state index in [1.165, 1.54) is 6.07 Å². The van der Waals surface area contributed by atoms with Gasteiger partial charge < -0.3 is 14.5 Å². The molecule has 2 aromatic carbocycles. The van der Waals surface area contributed by atoms with Crippen LogP contribution in [0.25, 0.3) is 10.9 Å². The van der Waals surface area contributed by atoms with E-state index in [4.69, 9.17) is 21.1 Å². The minimum Gasteiger partial charge on any atom is -0.448 e. The molecule has 2 heterocycles. The van der Waals surface area contributed by atoms with Crippen LogP contribution in [0.4, 0.5) is 10.5 Å². The molecule has 34 heavy (non-hydrogen) atoms. The average molecular weight is 486 g/mol. The third kappa shape index (κ3) is 6.04. The van der Waals surface area contributed by atoms with Crippen molar-refractivity contribution in [2.75, 3.05) is 44.8 Å². The number of hydrogen-bond donors (Lipinski definition) is 4. The molecule has 10 nitrogen and oxygen atoms in total. The summed E-state index contributed by atoms with van der Waals surface area (Å²) in [6, 6.07) is 13.2. The zero-order valence-electron chi connectivity index (χ0n) is 18.2. The molecule has 4 rings (SSSR count). The molecule has 0 unspecified atom stereocenters. The number of carbonyl (C=O) groups excluding carboxylic acids is 3. The molecule has 3 aromatic rings. The third-order valence-corrected chi connectivity index (χ3v) is 5.50. The van der Waals surface area contributed by atoms with Crippen molar-refractivity contribution >= 4 is 46.1 Å². The molecule has 4 N–H and O–H groups in total. The summed E-state index contributed by atoms with van der Waals surface area (Å²) in [6.07, 6.45) is -0.672. The summed E-state index contributed by atoms with van der Waals surface area (Å²) in [7, 11) is 0. The average Bonchev–Trinajstić information content (AvgIpc) is 3.27. The van der Waals surface area contributed by atoms with Crippen LogP contribution in [0.3, 0.4) is 0 Å². The van der Waals surface area contributed by atoms with E-state index < -0.39 is 17.9 Å². The van der Waals surface area contributed by atoms with Gasteiger partial charge in [0.1, 0.15) is 12.3 Å². The van der Waals surface area contributed by atoms with Gasteiger partial charge in [-0.2, -0.15) is 0 Å². The predicted molar refractivity (Wildman–Crippen MR) is 127 cm³/mol. The number of aromatic amines is 1. The number of benzene rings is 2. The van der Waals surface area contributed by atoms with Crippen LogP contribution in [-0.2, 0) is 9.47 Å². The van der Waals surface area contributed by atoms with Crippen molar-refractivity contribution in [3.63, 3.8) is 0 Å². The number of H-pyrrole nitrogens is 1. The first-order chi connectivity index (χ1) is 16.5. The number of para-hydroxylation sites is 1. The lowest BCUT2D eigenvalue weighted by molar-refractivity contribution is 0.0290. The number of ether oxygens (including phenoxy) is 2. The van der Waals surface area contributed by atoms with Crippen LogP contribution in [0.1, 0.15) is 20.8 Å². The third-order valence-electron chi connectivity index (χ3n) is 5.27. The summed E-state index contributed by atoms with van der Waals surface area (Å²) in [6.45, 7) is 3.74. The van der Waals surface area contributed by atoms with E-state index in [1.54, 1.807) is 42.5 Å². The Labute approximate surface area is 200 Å². The Balaban J connectivity index is 1.30. The van der Waals surface area contributed by atoms with Crippen LogP contribution >= 0.6 is 11.6 Å². The topological polar surface area (TPSA) is 125 Å². The number of hydrazine groups is 1. The Morgan fingerprint density at radius 2 is 1.79 bits per heavy atom. The number of anilines is 1. The van der Waals surface area contributed by atoms with Gasteiger partial charge in [0.2, 0.25) is 0 Å². The molecule has 1 saturated heterocycles. The van der Waals surface area contributed by atoms with Crippen LogP contribution in [0.15, 0.2) is 48.5 Å². The van der Waals surface area contributed by atoms with Crippen molar-refractivity contribution < 1.29 is 23.9 Å². The van der Waals surface area contributed by atoms with E-state index >= 15 is 0 Å². The second kappa shape index (κ2) is 11.0. The predicted octanol–water partition coefficient (Wildman–Crippen LogP) is 2.78. The summed E-state index contributed by atoms with van der Waals surface area (Å²) in [5.74, 6) is -1.13. The number of aromatic nitrogens is 1. The zero-order valence-corrected chi connectivity index (χ0v) is 19.0. The van der Waals surface area contributed by atoms with E-state index in [0.717, 1.165) is 24.0 Å². The molecule has 0 bridgehead atoms. The minimum absolute atomic E-state index is 0.163. The number of nitrogens with zero attached hydrogens (tertiary/aromatic N) is 1. The number of amides is 3. The van der Waals surface area contributed by atoms with Gasteiger partial charge in [-0.25, -0.2) is 4.79 Å². The largest absolute Gasteiger partial charge is 0.448 e. The molecule has 0 aliphatic carbocycles. The Hall–Kier alpha value is -3.60. The molecule has 0 radical (unpaired) electrons. The smallest absolute Gasteiger partial charge is 0.411 e. The van der Waals surface area contributed by atoms with E-state index in [0.29, 0.717) is 24.8 Å². The monoisotopic (exact) mass is 485 g/mol. The van der Waals surface area contributed by atoms with Gasteiger partial charge in [0.15, 0.2) is 0 Å². The number of carbonyl (C=O) groups is 3. The van der Waals surface area contributed by atoms with Gasteiger partial charge in [-0.1, -0.05) is 23.7 Å². The summed E-state index contributed by atoms with van der Waals surface area (Å²) in [5, 5.41) is 3.90. The standard InChI is InChI=1S/C23H24ClN5O5/c24-16-5-6-18-15(13-16)14-20(25-18)22(31)28-27-21(30)17-3-1-2-4-19(17)26-23(32)34-12-9-29-7-10-33-11-8-29/h1-6,13-14,25H,7-12H2,(H,26,32)(H,27,30)(H,28,31). The van der Waals surface area contributed by atoms with E-state index in [9.17, 15) is 14.4 Å². The van der Waals surface area contributed by atoms with Crippen LogP contribution in [-0.4, -0.2) is 67.2 Å². The quantitative estimate of drug-likeness (QED) is 0.398. The maximum absolute atomic E-state index is 12.7. The molecule has 1 aliphatic rings. The zero-order chi connectivity index (χ0) is 23.9. The molecule has 0 saturated carbocycles. The van der Waals surface area contributed by atoms with Gasteiger partial charge in [-0.3, -0.25) is 30.7 Å². The molecule has 0 spiro atoms. The number of morpholine rings is 1. The van der Waals surface area contributed by atoms with Crippen molar-refractivity contribution in [2.45, 2.75) is 0 Å². The van der Waals surface area contributed by atoms with E-state index in [-0.39, 0.29) is 23.6 Å². The lowest BCUT2D eigenvalue weighted by atomic mass is 10.1. The van der Waals surface area contributed by atoms with Crippen molar-refractivity contribution in [3.05, 3.63) is 64.8 Å². The van der Waals surface area contributed by atoms with Crippen LogP contribution in [0.2, 0.25) is 5.02 Å². The maximum atomic E-state index is 12.7. The SMILES string of the molecule is O=C(Nc1ccccc1C(=O)NNC(=O)c1cc2cc(Cl)ccc2[nH]1)OCCN1CCOCC1. The number of rotatable bonds is 6. The second-order valence-electron chi connectivity index (χ2n) is 7.58. The van der Waals surface area contributed by atoms with Crippen LogP contribution < -0.4 is 16.2 Å². The minimum atomic E-state index is -0.672. The summed E-state index contributed by atoms with van der Waals surface area (Å²) >= 11 is 5.98. The highest BCUT2D eigenvalue weighted by molar-refractivity contribution is 6.31. The summed E-state index contributed by atoms with van der Waals surface area (Å²) < 4.78 is 10.5. The molecule has 0 atom stereocenters. The molecule has 1 aromatic heterocycles. The molecular weight excluding hydrogens is 462 g/mol. The van der Waals surface area contributed by atoms with Crippen molar-refractivity contribution in [1.29, 1.82) is 0 Å². The first-order valence-corrected chi connectivity index (χ1v) is 11.1. The number of nitrogens with one attached hydrogen (secondary N) is 4. The van der Waals surface area contributed by atoms with Crippen molar-refractivity contribution in [3.8, 4) is 0 Å². The van der Waals surface area contributed by atoms with E-state index in [2.05, 4.69) is 26.1 Å². The fraction of sp³-hybridized carbons (Fsp3) is 0.261. The lowest BCUT2D eigenvalue weighted by Crippen LogP contribution is -2.42. The van der Waals surface area contributed by atoms with Crippen LogP contribution in [0, 0.1) is 0 Å². The highest BCUT2D eigenvalue weighted by Gasteiger charge is 2.16. The number of hydrogen-bond acceptors (Lipinski definition) is 6. The van der Waals surface area contributed by atoms with Crippen LogP contribution in [0.5, 0.6) is 0 Å². The molecular formula is C23H24ClN5O5. The lowest BCUT2D eigenvalue weighted by Gasteiger charge is -2.26. The van der Waals surface area contributed by atoms with Gasteiger partial charge in [0.05, 0.1) is 24.5 Å². The van der Waals surface area contributed by atoms with Gasteiger partial charge in [-0.05, 0) is 36.4 Å². The van der Waals surface area contributed by atoms with Gasteiger partial charge in [0, 0.05) is 35.6 Å². The Morgan fingerprint density at radius 3 is 2.62 bits per heavy atom. The van der Waals surface area contributed by atoms with Gasteiger partial charge in [-0.15, -0.1) is 0 Å². The molecule has 11 heteroatoms. The second-order valence-corrected chi connectivity index (χ2v) is 8.02. The Bertz CT molecular complexity index is 1190. The van der Waals surface area contributed by atoms with Crippen molar-refractivity contribution in [2.24, 2.45) is 0 Å². The highest BCUT2D eigenvalue weighted by Crippen LogP contribution is 2.20. The summed E-state index contributed by atoms with van der Waals surface area (Å²) in [4.78, 5) is 42.4. The van der Waals surface area contributed by atoms with E-state index in [1.807, 2.05) is 0 Å².